The Morgan fingerprint density at radius 3 is 2.21 bits per heavy atom. The van der Waals surface area contributed by atoms with Gasteiger partial charge in [-0.15, -0.1) is 0 Å². The van der Waals surface area contributed by atoms with Crippen LogP contribution in [0.15, 0.2) is 0 Å². The summed E-state index contributed by atoms with van der Waals surface area (Å²) < 4.78 is 0. The molecule has 1 fully saturated rings. The Morgan fingerprint density at radius 1 is 1.12 bits per heavy atom. The van der Waals surface area contributed by atoms with Crippen molar-refractivity contribution >= 4 is 29.6 Å². The van der Waals surface area contributed by atoms with Gasteiger partial charge in [0.2, 0.25) is 23.6 Å². The molecule has 1 saturated heterocycles. The van der Waals surface area contributed by atoms with Gasteiger partial charge >= 0.3 is 5.97 Å². The molecule has 11 heteroatoms. The Balaban J connectivity index is 2.86. The molecule has 0 bridgehead atoms. The number of carboxylic acid groups (broad SMARTS) is 1. The van der Waals surface area contributed by atoms with Gasteiger partial charge in [0.15, 0.2) is 0 Å². The molecule has 11 nitrogen and oxygen atoms in total. The van der Waals surface area contributed by atoms with Gasteiger partial charge in [0.05, 0.1) is 18.9 Å². The Kier molecular flexibility index (Phi) is 6.65. The van der Waals surface area contributed by atoms with E-state index in [0.717, 1.165) is 4.90 Å². The number of rotatable bonds is 8. The molecule has 1 rings (SSSR count). The molecule has 0 aromatic carbocycles. The molecule has 0 saturated carbocycles. The second kappa shape index (κ2) is 8.24. The summed E-state index contributed by atoms with van der Waals surface area (Å²) in [5.74, 6) is -4.43. The van der Waals surface area contributed by atoms with Crippen molar-refractivity contribution in [2.45, 2.75) is 43.8 Å². The fourth-order valence-electron chi connectivity index (χ4n) is 2.48. The van der Waals surface area contributed by atoms with Crippen LogP contribution >= 0.6 is 0 Å². The maximum Gasteiger partial charge on any atom is 0.326 e. The van der Waals surface area contributed by atoms with E-state index in [4.69, 9.17) is 22.3 Å². The molecule has 0 aromatic heterocycles. The Labute approximate surface area is 137 Å². The van der Waals surface area contributed by atoms with Gasteiger partial charge < -0.3 is 32.5 Å². The van der Waals surface area contributed by atoms with E-state index in [2.05, 4.69) is 5.32 Å². The maximum atomic E-state index is 12.5. The van der Waals surface area contributed by atoms with Crippen molar-refractivity contribution in [2.24, 2.45) is 17.2 Å². The third-order valence-electron chi connectivity index (χ3n) is 3.60. The zero-order valence-electron chi connectivity index (χ0n) is 12.9. The van der Waals surface area contributed by atoms with Crippen LogP contribution in [0.4, 0.5) is 0 Å². The highest BCUT2D eigenvalue weighted by Crippen LogP contribution is 2.19. The van der Waals surface area contributed by atoms with Crippen LogP contribution in [-0.2, 0) is 24.0 Å². The summed E-state index contributed by atoms with van der Waals surface area (Å²) in [5.41, 5.74) is 15.5. The van der Waals surface area contributed by atoms with E-state index in [0.29, 0.717) is 6.42 Å². The van der Waals surface area contributed by atoms with Crippen LogP contribution in [0.3, 0.4) is 0 Å². The molecule has 3 unspecified atom stereocenters. The Hall–Kier alpha value is -2.69. The highest BCUT2D eigenvalue weighted by Gasteiger charge is 2.38. The topological polar surface area (TPSA) is 199 Å². The number of primary amides is 2. The number of amides is 4. The third-order valence-corrected chi connectivity index (χ3v) is 3.60. The van der Waals surface area contributed by atoms with Gasteiger partial charge in [-0.3, -0.25) is 19.2 Å². The van der Waals surface area contributed by atoms with Gasteiger partial charge in [-0.05, 0) is 12.8 Å². The normalized spacial score (nSPS) is 19.4. The number of aliphatic carboxylic acids is 1. The molecule has 24 heavy (non-hydrogen) atoms. The number of nitrogens with one attached hydrogen (secondary N) is 1. The molecule has 134 valence electrons. The first-order chi connectivity index (χ1) is 11.1. The zero-order valence-corrected chi connectivity index (χ0v) is 12.9. The van der Waals surface area contributed by atoms with Crippen molar-refractivity contribution in [3.63, 3.8) is 0 Å². The van der Waals surface area contributed by atoms with E-state index < -0.39 is 60.6 Å². The number of nitrogens with two attached hydrogens (primary N) is 3. The van der Waals surface area contributed by atoms with Crippen molar-refractivity contribution in [1.29, 1.82) is 0 Å². The van der Waals surface area contributed by atoms with E-state index in [1.165, 1.54) is 0 Å². The third kappa shape index (κ3) is 5.19. The quantitative estimate of drug-likeness (QED) is 0.302. The van der Waals surface area contributed by atoms with Crippen molar-refractivity contribution in [1.82, 2.24) is 10.2 Å². The lowest BCUT2D eigenvalue weighted by Crippen LogP contribution is -2.55. The summed E-state index contributed by atoms with van der Waals surface area (Å²) in [6.07, 6.45) is -0.192. The molecule has 0 radical (unpaired) electrons. The molecule has 1 aliphatic heterocycles. The Morgan fingerprint density at radius 2 is 1.71 bits per heavy atom. The summed E-state index contributed by atoms with van der Waals surface area (Å²) in [6, 6.07) is -3.67. The molecular weight excluding hydrogens is 322 g/mol. The van der Waals surface area contributed by atoms with Crippen LogP contribution in [0.5, 0.6) is 0 Å². The number of hydrogen-bond acceptors (Lipinski definition) is 6. The van der Waals surface area contributed by atoms with Gasteiger partial charge in [0, 0.05) is 6.54 Å². The van der Waals surface area contributed by atoms with Gasteiger partial charge in [0.25, 0.3) is 0 Å². The lowest BCUT2D eigenvalue weighted by molar-refractivity contribution is -0.149. The minimum Gasteiger partial charge on any atom is -0.480 e. The molecule has 1 aliphatic rings. The van der Waals surface area contributed by atoms with Crippen LogP contribution in [0.1, 0.15) is 25.7 Å². The summed E-state index contributed by atoms with van der Waals surface area (Å²) >= 11 is 0. The van der Waals surface area contributed by atoms with Crippen LogP contribution in [-0.4, -0.2) is 64.3 Å². The predicted octanol–water partition coefficient (Wildman–Crippen LogP) is -3.38. The zero-order chi connectivity index (χ0) is 18.4. The monoisotopic (exact) mass is 343 g/mol. The smallest absolute Gasteiger partial charge is 0.326 e. The van der Waals surface area contributed by atoms with Crippen molar-refractivity contribution in [3.8, 4) is 0 Å². The summed E-state index contributed by atoms with van der Waals surface area (Å²) in [6.45, 7) is 0.189. The number of nitrogens with zero attached hydrogens (tertiary/aromatic N) is 1. The van der Waals surface area contributed by atoms with Crippen LogP contribution in [0.25, 0.3) is 0 Å². The van der Waals surface area contributed by atoms with E-state index in [1.54, 1.807) is 0 Å². The number of likely N-dealkylation sites (tertiary alicyclic amines) is 1. The summed E-state index contributed by atoms with van der Waals surface area (Å²) in [4.78, 5) is 58.6. The number of hydrogen-bond donors (Lipinski definition) is 5. The first-order valence-electron chi connectivity index (χ1n) is 7.29. The SMILES string of the molecule is NC(=O)CC(N)C(=O)NC(CC(N)=O)C(=O)N1CCCC1C(=O)O. The van der Waals surface area contributed by atoms with Crippen LogP contribution < -0.4 is 22.5 Å². The average molecular weight is 343 g/mol. The first-order valence-corrected chi connectivity index (χ1v) is 7.29. The minimum atomic E-state index is -1.35. The second-order valence-electron chi connectivity index (χ2n) is 5.54. The molecule has 8 N–H and O–H groups in total. The minimum absolute atomic E-state index is 0.189. The lowest BCUT2D eigenvalue weighted by Gasteiger charge is -2.27. The average Bonchev–Trinajstić information content (AvgIpc) is 2.93. The van der Waals surface area contributed by atoms with Crippen LogP contribution in [0, 0.1) is 0 Å². The molecule has 3 atom stereocenters. The number of carbonyl (C=O) groups is 5. The number of carboxylic acids is 1. The van der Waals surface area contributed by atoms with Crippen molar-refractivity contribution in [3.05, 3.63) is 0 Å². The standard InChI is InChI=1S/C13H21N5O6/c14-6(4-9(15)19)11(21)17-7(5-10(16)20)12(22)18-3-1-2-8(18)13(23)24/h6-8H,1-5,14H2,(H2,15,19)(H2,16,20)(H,17,21)(H,23,24). The fourth-order valence-corrected chi connectivity index (χ4v) is 2.48. The highest BCUT2D eigenvalue weighted by molar-refractivity contribution is 5.95. The van der Waals surface area contributed by atoms with Gasteiger partial charge in [-0.2, -0.15) is 0 Å². The molecule has 0 spiro atoms. The fraction of sp³-hybridized carbons (Fsp3) is 0.615. The Bertz CT molecular complexity index is 551. The van der Waals surface area contributed by atoms with E-state index in [-0.39, 0.29) is 13.0 Å². The molecule has 4 amide bonds. The van der Waals surface area contributed by atoms with Crippen molar-refractivity contribution < 1.29 is 29.1 Å². The molecular formula is C13H21N5O6. The number of carbonyl (C=O) groups excluding carboxylic acids is 4. The van der Waals surface area contributed by atoms with E-state index in [9.17, 15) is 24.0 Å². The van der Waals surface area contributed by atoms with Gasteiger partial charge in [0.1, 0.15) is 12.1 Å². The lowest BCUT2D eigenvalue weighted by atomic mass is 10.1. The second-order valence-corrected chi connectivity index (χ2v) is 5.54. The van der Waals surface area contributed by atoms with Crippen molar-refractivity contribution in [2.75, 3.05) is 6.54 Å². The molecule has 1 heterocycles. The van der Waals surface area contributed by atoms with E-state index in [1.807, 2.05) is 0 Å². The largest absolute Gasteiger partial charge is 0.480 e. The van der Waals surface area contributed by atoms with Crippen LogP contribution in [0.2, 0.25) is 0 Å². The van der Waals surface area contributed by atoms with E-state index >= 15 is 0 Å². The summed E-state index contributed by atoms with van der Waals surface area (Å²) in [7, 11) is 0. The highest BCUT2D eigenvalue weighted by atomic mass is 16.4. The first kappa shape index (κ1) is 19.4. The molecule has 0 aliphatic carbocycles. The van der Waals surface area contributed by atoms with Gasteiger partial charge in [-0.1, -0.05) is 0 Å². The van der Waals surface area contributed by atoms with Gasteiger partial charge in [-0.25, -0.2) is 4.79 Å². The maximum absolute atomic E-state index is 12.5. The predicted molar refractivity (Wildman–Crippen MR) is 79.9 cm³/mol. The summed E-state index contributed by atoms with van der Waals surface area (Å²) in [5, 5.41) is 11.4. The molecule has 0 aromatic rings.